The molecule has 0 amide bonds. The van der Waals surface area contributed by atoms with Gasteiger partial charge in [0.05, 0.1) is 6.61 Å². The number of nitrogen functional groups attached to an aromatic ring is 1. The van der Waals surface area contributed by atoms with E-state index in [1.165, 1.54) is 0 Å². The zero-order chi connectivity index (χ0) is 14.1. The van der Waals surface area contributed by atoms with E-state index in [1.54, 1.807) is 6.07 Å². The van der Waals surface area contributed by atoms with Crippen LogP contribution < -0.4 is 5.73 Å². The summed E-state index contributed by atoms with van der Waals surface area (Å²) in [4.78, 5) is 6.60. The first-order valence-electron chi connectivity index (χ1n) is 6.32. The van der Waals surface area contributed by atoms with Gasteiger partial charge < -0.3 is 19.9 Å². The molecule has 3 rings (SSSR count). The van der Waals surface area contributed by atoms with Crippen molar-refractivity contribution >= 4 is 21.6 Å². The molecule has 106 valence electrons. The van der Waals surface area contributed by atoms with Crippen LogP contribution in [0.15, 0.2) is 27.2 Å². The number of aromatic nitrogens is 2. The predicted octanol–water partition coefficient (Wildman–Crippen LogP) is 2.08. The Kier molecular flexibility index (Phi) is 3.73. The van der Waals surface area contributed by atoms with E-state index < -0.39 is 0 Å². The summed E-state index contributed by atoms with van der Waals surface area (Å²) in [5.41, 5.74) is 7.25. The van der Waals surface area contributed by atoms with Gasteiger partial charge in [0.15, 0.2) is 0 Å². The average molecular weight is 339 g/mol. The van der Waals surface area contributed by atoms with Gasteiger partial charge in [-0.2, -0.15) is 4.98 Å². The van der Waals surface area contributed by atoms with Crippen LogP contribution in [0.1, 0.15) is 11.9 Å². The Bertz CT molecular complexity index is 596. The Labute approximate surface area is 125 Å². The molecule has 0 aliphatic carbocycles. The van der Waals surface area contributed by atoms with Crippen molar-refractivity contribution in [1.29, 1.82) is 0 Å². The third-order valence-electron chi connectivity index (χ3n) is 3.17. The first kappa shape index (κ1) is 13.5. The summed E-state index contributed by atoms with van der Waals surface area (Å²) in [6.45, 7) is 2.36. The maximum Gasteiger partial charge on any atom is 0.258 e. The van der Waals surface area contributed by atoms with Gasteiger partial charge in [-0.1, -0.05) is 21.1 Å². The summed E-state index contributed by atoms with van der Waals surface area (Å²) >= 11 is 3.40. The Morgan fingerprint density at radius 3 is 3.00 bits per heavy atom. The maximum atomic E-state index is 5.81. The molecule has 0 spiro atoms. The lowest BCUT2D eigenvalue weighted by Crippen LogP contribution is -2.35. The van der Waals surface area contributed by atoms with Crippen LogP contribution in [0.25, 0.3) is 11.5 Å². The molecule has 1 atom stereocenters. The van der Waals surface area contributed by atoms with Crippen LogP contribution in [0.2, 0.25) is 0 Å². The molecule has 2 heterocycles. The van der Waals surface area contributed by atoms with Gasteiger partial charge in [0, 0.05) is 28.8 Å². The molecule has 0 saturated carbocycles. The van der Waals surface area contributed by atoms with Crippen molar-refractivity contribution in [3.8, 4) is 11.5 Å². The first-order chi connectivity index (χ1) is 9.61. The fraction of sp³-hybridized carbons (Fsp3) is 0.385. The maximum absolute atomic E-state index is 5.81. The van der Waals surface area contributed by atoms with Crippen LogP contribution in [-0.2, 0) is 4.74 Å². The molecule has 20 heavy (non-hydrogen) atoms. The largest absolute Gasteiger partial charge is 0.399 e. The van der Waals surface area contributed by atoms with E-state index in [1.807, 2.05) is 19.2 Å². The van der Waals surface area contributed by atoms with Gasteiger partial charge in [0.25, 0.3) is 5.89 Å². The zero-order valence-corrected chi connectivity index (χ0v) is 12.6. The van der Waals surface area contributed by atoms with Gasteiger partial charge in [0.2, 0.25) is 5.82 Å². The number of likely N-dealkylation sites (N-methyl/N-ethyl adjacent to an activating group) is 1. The highest BCUT2D eigenvalue weighted by Gasteiger charge is 2.24. The van der Waals surface area contributed by atoms with Gasteiger partial charge >= 0.3 is 0 Å². The van der Waals surface area contributed by atoms with Crippen LogP contribution in [-0.4, -0.2) is 41.8 Å². The van der Waals surface area contributed by atoms with E-state index in [-0.39, 0.29) is 6.10 Å². The predicted molar refractivity (Wildman–Crippen MR) is 78.0 cm³/mol. The van der Waals surface area contributed by atoms with Crippen molar-refractivity contribution in [3.63, 3.8) is 0 Å². The van der Waals surface area contributed by atoms with Crippen LogP contribution in [0.4, 0.5) is 5.69 Å². The third kappa shape index (κ3) is 2.84. The molecule has 1 aliphatic heterocycles. The number of hydrogen-bond acceptors (Lipinski definition) is 6. The van der Waals surface area contributed by atoms with E-state index in [0.717, 1.165) is 23.1 Å². The molecule has 1 aromatic heterocycles. The molecule has 1 aromatic carbocycles. The lowest BCUT2D eigenvalue weighted by molar-refractivity contribution is -0.0264. The molecule has 2 N–H and O–H groups in total. The molecular formula is C13H15BrN4O2. The summed E-state index contributed by atoms with van der Waals surface area (Å²) in [7, 11) is 2.05. The fourth-order valence-electron chi connectivity index (χ4n) is 2.15. The Morgan fingerprint density at radius 1 is 1.40 bits per heavy atom. The summed E-state index contributed by atoms with van der Waals surface area (Å²) in [5.74, 6) is 1.02. The average Bonchev–Trinajstić information content (AvgIpc) is 2.87. The molecule has 1 fully saturated rings. The Balaban J connectivity index is 1.86. The fourth-order valence-corrected chi connectivity index (χ4v) is 2.66. The van der Waals surface area contributed by atoms with Crippen molar-refractivity contribution in [2.45, 2.75) is 6.10 Å². The van der Waals surface area contributed by atoms with Crippen LogP contribution >= 0.6 is 15.9 Å². The number of nitrogens with zero attached hydrogens (tertiary/aromatic N) is 3. The van der Waals surface area contributed by atoms with Crippen molar-refractivity contribution in [3.05, 3.63) is 28.5 Å². The van der Waals surface area contributed by atoms with Crippen molar-refractivity contribution < 1.29 is 9.26 Å². The second kappa shape index (κ2) is 5.51. The van der Waals surface area contributed by atoms with E-state index in [0.29, 0.717) is 24.0 Å². The van der Waals surface area contributed by atoms with E-state index in [4.69, 9.17) is 15.0 Å². The lowest BCUT2D eigenvalue weighted by Gasteiger charge is -2.27. The molecule has 2 aromatic rings. The Hall–Kier alpha value is -1.44. The SMILES string of the molecule is CN1CCOC(c2noc(-c3cc(N)cc(Br)c3)n2)C1. The standard InChI is InChI=1S/C13H15BrN4O2/c1-18-2-3-19-11(7-18)12-16-13(20-17-12)8-4-9(14)6-10(15)5-8/h4-6,11H,2-3,7,15H2,1H3. The molecule has 0 bridgehead atoms. The highest BCUT2D eigenvalue weighted by atomic mass is 79.9. The molecule has 6 nitrogen and oxygen atoms in total. The van der Waals surface area contributed by atoms with Crippen LogP contribution in [0.3, 0.4) is 0 Å². The number of anilines is 1. The Morgan fingerprint density at radius 2 is 2.25 bits per heavy atom. The summed E-state index contributed by atoms with van der Waals surface area (Å²) < 4.78 is 11.9. The monoisotopic (exact) mass is 338 g/mol. The zero-order valence-electron chi connectivity index (χ0n) is 11.0. The van der Waals surface area contributed by atoms with Crippen molar-refractivity contribution in [1.82, 2.24) is 15.0 Å². The number of hydrogen-bond donors (Lipinski definition) is 1. The molecular weight excluding hydrogens is 324 g/mol. The highest BCUT2D eigenvalue weighted by Crippen LogP contribution is 2.27. The van der Waals surface area contributed by atoms with Gasteiger partial charge in [-0.25, -0.2) is 0 Å². The smallest absolute Gasteiger partial charge is 0.258 e. The van der Waals surface area contributed by atoms with Gasteiger partial charge in [-0.05, 0) is 25.2 Å². The minimum absolute atomic E-state index is 0.143. The molecule has 1 saturated heterocycles. The molecule has 7 heteroatoms. The number of nitrogens with two attached hydrogens (primary N) is 1. The third-order valence-corrected chi connectivity index (χ3v) is 3.62. The van der Waals surface area contributed by atoms with Gasteiger partial charge in [-0.3, -0.25) is 0 Å². The second-order valence-corrected chi connectivity index (χ2v) is 5.77. The summed E-state index contributed by atoms with van der Waals surface area (Å²) in [5, 5.41) is 4.02. The lowest BCUT2D eigenvalue weighted by atomic mass is 10.2. The highest BCUT2D eigenvalue weighted by molar-refractivity contribution is 9.10. The number of benzene rings is 1. The summed E-state index contributed by atoms with van der Waals surface area (Å²) in [6.07, 6.45) is -0.143. The first-order valence-corrected chi connectivity index (χ1v) is 7.11. The number of ether oxygens (including phenoxy) is 1. The molecule has 1 aliphatic rings. The van der Waals surface area contributed by atoms with Crippen molar-refractivity contribution in [2.24, 2.45) is 0 Å². The van der Waals surface area contributed by atoms with E-state index in [9.17, 15) is 0 Å². The van der Waals surface area contributed by atoms with Gasteiger partial charge in [-0.15, -0.1) is 0 Å². The normalized spacial score (nSPS) is 20.2. The van der Waals surface area contributed by atoms with Gasteiger partial charge in [0.1, 0.15) is 6.10 Å². The molecule has 1 unspecified atom stereocenters. The van der Waals surface area contributed by atoms with Crippen LogP contribution in [0, 0.1) is 0 Å². The van der Waals surface area contributed by atoms with Crippen molar-refractivity contribution in [2.75, 3.05) is 32.5 Å². The van der Waals surface area contributed by atoms with E-state index >= 15 is 0 Å². The number of halogens is 1. The minimum atomic E-state index is -0.143. The minimum Gasteiger partial charge on any atom is -0.399 e. The quantitative estimate of drug-likeness (QED) is 0.844. The number of morpholine rings is 1. The summed E-state index contributed by atoms with van der Waals surface area (Å²) in [6, 6.07) is 5.51. The number of rotatable bonds is 2. The van der Waals surface area contributed by atoms with Crippen LogP contribution in [0.5, 0.6) is 0 Å². The topological polar surface area (TPSA) is 77.4 Å². The second-order valence-electron chi connectivity index (χ2n) is 4.85. The molecule has 0 radical (unpaired) electrons. The van der Waals surface area contributed by atoms with E-state index in [2.05, 4.69) is 31.0 Å².